The Hall–Kier alpha value is -3.30. The summed E-state index contributed by atoms with van der Waals surface area (Å²) in [6.45, 7) is 1.35. The quantitative estimate of drug-likeness (QED) is 0.192. The van der Waals surface area contributed by atoms with Gasteiger partial charge in [-0.1, -0.05) is 12.1 Å². The van der Waals surface area contributed by atoms with Crippen LogP contribution in [0.25, 0.3) is 22.1 Å². The van der Waals surface area contributed by atoms with Crippen LogP contribution in [0, 0.1) is 0 Å². The monoisotopic (exact) mass is 546 g/mol. The molecular formula is C24H20N8Na2O5. The number of carboxylic acid groups (broad SMARTS) is 2. The fourth-order valence-corrected chi connectivity index (χ4v) is 3.69. The Balaban J connectivity index is 0.000000254. The summed E-state index contributed by atoms with van der Waals surface area (Å²) in [5.74, 6) is -2.90. The van der Waals surface area contributed by atoms with Crippen molar-refractivity contribution in [2.24, 2.45) is 0 Å². The molecule has 0 spiro atoms. The zero-order valence-electron chi connectivity index (χ0n) is 21.2. The summed E-state index contributed by atoms with van der Waals surface area (Å²) >= 11 is 0. The van der Waals surface area contributed by atoms with Crippen LogP contribution in [0.1, 0.15) is 32.4 Å². The Morgan fingerprint density at radius 1 is 0.718 bits per heavy atom. The van der Waals surface area contributed by atoms with Gasteiger partial charge in [0.25, 0.3) is 0 Å². The summed E-state index contributed by atoms with van der Waals surface area (Å²) in [5, 5.41) is 21.4. The normalized spacial score (nSPS) is 10.1. The fourth-order valence-electron chi connectivity index (χ4n) is 3.69. The molecule has 0 unspecified atom stereocenters. The van der Waals surface area contributed by atoms with E-state index < -0.39 is 11.9 Å². The average molecular weight is 546 g/mol. The van der Waals surface area contributed by atoms with Crippen LogP contribution in [0.5, 0.6) is 0 Å². The summed E-state index contributed by atoms with van der Waals surface area (Å²) in [4.78, 5) is 42.6. The first-order chi connectivity index (χ1) is 17.4. The molecule has 0 atom stereocenters. The van der Waals surface area contributed by atoms with E-state index in [0.717, 1.165) is 11.1 Å². The summed E-state index contributed by atoms with van der Waals surface area (Å²) in [6, 6.07) is 11.1. The molecule has 0 aliphatic heterocycles. The third-order valence-electron chi connectivity index (χ3n) is 5.33. The Bertz CT molecular complexity index is 1540. The minimum absolute atomic E-state index is 0. The van der Waals surface area contributed by atoms with E-state index in [2.05, 4.69) is 29.9 Å². The third-order valence-corrected chi connectivity index (χ3v) is 5.33. The Morgan fingerprint density at radius 3 is 1.46 bits per heavy atom. The number of aromatic amines is 2. The molecule has 0 fully saturated rings. The zero-order valence-corrected chi connectivity index (χ0v) is 25.2. The second-order valence-corrected chi connectivity index (χ2v) is 7.92. The maximum absolute atomic E-state index is 10.7. The van der Waals surface area contributed by atoms with Crippen LogP contribution in [-0.2, 0) is 13.1 Å². The number of hydrogen-bond acceptors (Lipinski definition) is 8. The molecule has 39 heavy (non-hydrogen) atoms. The maximum Gasteiger partial charge on any atom is 1.00 e. The Labute approximate surface area is 265 Å². The molecule has 4 heterocycles. The number of imidazole rings is 4. The zero-order chi connectivity index (χ0) is 25.1. The van der Waals surface area contributed by atoms with E-state index in [1.54, 1.807) is 37.2 Å². The van der Waals surface area contributed by atoms with Crippen LogP contribution >= 0.6 is 0 Å². The number of carboxylic acids is 2. The molecule has 0 aliphatic rings. The standard InChI is InChI=1S/2C12H10N4O2.2Na.H2O/c2*17-12(18)11-14-9-2-1-8(5-10(9)15-11)6-16-4-3-13-7-16;;;/h2*1-5,7H,6H2,(H,14,15)(H,17,18);;;1H2/q;;2*+1;/p-2. The smallest absolute Gasteiger partial charge is 0.542 e. The molecule has 4 aromatic heterocycles. The molecule has 6 aromatic rings. The van der Waals surface area contributed by atoms with Gasteiger partial charge < -0.3 is 44.4 Å². The molecule has 15 heteroatoms. The topological polar surface area (TPSA) is 205 Å². The van der Waals surface area contributed by atoms with E-state index >= 15 is 0 Å². The van der Waals surface area contributed by atoms with Crippen molar-refractivity contribution in [1.82, 2.24) is 39.0 Å². The predicted octanol–water partition coefficient (Wildman–Crippen LogP) is -6.47. The van der Waals surface area contributed by atoms with Crippen molar-refractivity contribution < 1.29 is 84.4 Å². The molecule has 13 nitrogen and oxygen atoms in total. The first-order valence-electron chi connectivity index (χ1n) is 10.8. The van der Waals surface area contributed by atoms with Crippen LogP contribution in [0.3, 0.4) is 0 Å². The van der Waals surface area contributed by atoms with E-state index in [1.807, 2.05) is 45.8 Å². The molecule has 0 amide bonds. The molecule has 4 N–H and O–H groups in total. The maximum atomic E-state index is 10.7. The van der Waals surface area contributed by atoms with Crippen LogP contribution in [0.2, 0.25) is 0 Å². The van der Waals surface area contributed by atoms with Crippen LogP contribution in [-0.4, -0.2) is 56.5 Å². The first kappa shape index (κ1) is 31.9. The van der Waals surface area contributed by atoms with Crippen LogP contribution in [0.4, 0.5) is 0 Å². The molecular weight excluding hydrogens is 526 g/mol. The number of benzene rings is 2. The molecule has 0 saturated heterocycles. The number of hydrogen-bond donors (Lipinski definition) is 2. The molecule has 188 valence electrons. The second kappa shape index (κ2) is 14.2. The van der Waals surface area contributed by atoms with Crippen LogP contribution < -0.4 is 69.3 Å². The van der Waals surface area contributed by atoms with E-state index in [-0.39, 0.29) is 76.2 Å². The number of H-pyrrole nitrogens is 2. The summed E-state index contributed by atoms with van der Waals surface area (Å²) in [6.07, 6.45) is 10.6. The number of aromatic nitrogens is 8. The van der Waals surface area contributed by atoms with Crippen molar-refractivity contribution in [1.29, 1.82) is 0 Å². The van der Waals surface area contributed by atoms with Gasteiger partial charge in [-0.05, 0) is 35.4 Å². The van der Waals surface area contributed by atoms with Gasteiger partial charge in [0.1, 0.15) is 11.9 Å². The average Bonchev–Trinajstić information content (AvgIpc) is 3.65. The minimum atomic E-state index is -1.30. The Morgan fingerprint density at radius 2 is 1.13 bits per heavy atom. The molecule has 0 bridgehead atoms. The number of rotatable bonds is 6. The van der Waals surface area contributed by atoms with Gasteiger partial charge in [0.2, 0.25) is 0 Å². The molecule has 0 radical (unpaired) electrons. The molecule has 2 aromatic carbocycles. The van der Waals surface area contributed by atoms with Crippen molar-refractivity contribution in [2.75, 3.05) is 0 Å². The van der Waals surface area contributed by atoms with E-state index in [0.29, 0.717) is 35.2 Å². The van der Waals surface area contributed by atoms with Crippen molar-refractivity contribution in [3.05, 3.63) is 96.6 Å². The first-order valence-corrected chi connectivity index (χ1v) is 10.8. The Kier molecular flexibility index (Phi) is 11.6. The number of aromatic carboxylic acids is 2. The largest absolute Gasteiger partial charge is 1.00 e. The number of nitrogens with one attached hydrogen (secondary N) is 2. The van der Waals surface area contributed by atoms with E-state index in [9.17, 15) is 19.8 Å². The minimum Gasteiger partial charge on any atom is -0.542 e. The van der Waals surface area contributed by atoms with Gasteiger partial charge in [-0.2, -0.15) is 0 Å². The van der Waals surface area contributed by atoms with Gasteiger partial charge in [0.05, 0.1) is 34.7 Å². The predicted molar refractivity (Wildman–Crippen MR) is 127 cm³/mol. The van der Waals surface area contributed by atoms with Gasteiger partial charge in [0, 0.05) is 37.9 Å². The fraction of sp³-hybridized carbons (Fsp3) is 0.0833. The SMILES string of the molecule is O.O=C([O-])c1nc2ccc(Cn3ccnc3)cc2[nH]1.O=C([O-])c1nc2ccc(Cn3ccnc3)cc2[nH]1.[Na+].[Na+]. The van der Waals surface area contributed by atoms with Gasteiger partial charge >= 0.3 is 59.1 Å². The number of fused-ring (bicyclic) bond motifs is 2. The van der Waals surface area contributed by atoms with Gasteiger partial charge in [0.15, 0.2) is 11.6 Å². The summed E-state index contributed by atoms with van der Waals surface area (Å²) in [5.41, 5.74) is 4.67. The van der Waals surface area contributed by atoms with E-state index in [4.69, 9.17) is 0 Å². The van der Waals surface area contributed by atoms with Crippen molar-refractivity contribution in [3.63, 3.8) is 0 Å². The molecule has 0 aliphatic carbocycles. The van der Waals surface area contributed by atoms with E-state index in [1.165, 1.54) is 0 Å². The number of nitrogens with zero attached hydrogens (tertiary/aromatic N) is 6. The number of carbonyl (C=O) groups excluding carboxylic acids is 2. The number of carbonyl (C=O) groups is 2. The summed E-state index contributed by atoms with van der Waals surface area (Å²) < 4.78 is 3.86. The second-order valence-electron chi connectivity index (χ2n) is 7.92. The van der Waals surface area contributed by atoms with Gasteiger partial charge in [-0.15, -0.1) is 0 Å². The molecule has 0 saturated carbocycles. The van der Waals surface area contributed by atoms with Crippen molar-refractivity contribution in [2.45, 2.75) is 13.1 Å². The van der Waals surface area contributed by atoms with Crippen molar-refractivity contribution >= 4 is 34.0 Å². The van der Waals surface area contributed by atoms with Gasteiger partial charge in [-0.3, -0.25) is 0 Å². The van der Waals surface area contributed by atoms with Crippen LogP contribution in [0.15, 0.2) is 73.8 Å². The van der Waals surface area contributed by atoms with Gasteiger partial charge in [-0.25, -0.2) is 19.9 Å². The molecule has 6 rings (SSSR count). The van der Waals surface area contributed by atoms with Crippen molar-refractivity contribution in [3.8, 4) is 0 Å². The third kappa shape index (κ3) is 7.86. The summed E-state index contributed by atoms with van der Waals surface area (Å²) in [7, 11) is 0.